The molecule has 0 aliphatic rings. The maximum Gasteiger partial charge on any atom is 0.242 e. The number of hydrogen-bond donors (Lipinski definition) is 2. The second kappa shape index (κ2) is 9.51. The summed E-state index contributed by atoms with van der Waals surface area (Å²) >= 11 is 0. The van der Waals surface area contributed by atoms with E-state index in [1.165, 1.54) is 6.92 Å². The van der Waals surface area contributed by atoms with Crippen molar-refractivity contribution in [1.29, 1.82) is 0 Å². The molecule has 0 heterocycles. The number of sulfonamides is 1. The van der Waals surface area contributed by atoms with Crippen molar-refractivity contribution < 1.29 is 22.3 Å². The molecule has 0 bridgehead atoms. The number of carbonyl (C=O) groups excluding carboxylic acids is 1. The second-order valence-electron chi connectivity index (χ2n) is 6.58. The topological polar surface area (TPSA) is 84.5 Å². The van der Waals surface area contributed by atoms with Gasteiger partial charge in [-0.1, -0.05) is 30.3 Å². The molecule has 1 atom stereocenters. The van der Waals surface area contributed by atoms with Crippen LogP contribution in [0.4, 0.5) is 10.1 Å². The number of anilines is 1. The van der Waals surface area contributed by atoms with Crippen molar-refractivity contribution in [2.24, 2.45) is 0 Å². The van der Waals surface area contributed by atoms with Gasteiger partial charge in [0.1, 0.15) is 18.2 Å². The predicted molar refractivity (Wildman–Crippen MR) is 112 cm³/mol. The van der Waals surface area contributed by atoms with Crippen molar-refractivity contribution in [3.63, 3.8) is 0 Å². The van der Waals surface area contributed by atoms with Crippen molar-refractivity contribution in [1.82, 2.24) is 4.72 Å². The Morgan fingerprint density at radius 2 is 1.60 bits per heavy atom. The molecule has 1 amide bonds. The highest BCUT2D eigenvalue weighted by Crippen LogP contribution is 2.17. The van der Waals surface area contributed by atoms with Crippen LogP contribution in [-0.4, -0.2) is 20.4 Å². The third-order valence-electron chi connectivity index (χ3n) is 4.22. The fourth-order valence-electron chi connectivity index (χ4n) is 2.59. The molecule has 0 aliphatic heterocycles. The quantitative estimate of drug-likeness (QED) is 0.573. The largest absolute Gasteiger partial charge is 0.489 e. The molecule has 0 fully saturated rings. The fraction of sp³-hybridized carbons (Fsp3) is 0.136. The standard InChI is InChI=1S/C22H21FN2O4S/c1-16(25-30(27,28)21-13-7-18(23)8-14-21)22(26)24-19-9-11-20(12-10-19)29-15-17-5-3-2-4-6-17/h2-14,16,25H,15H2,1H3,(H,24,26)/t16-/m0/s1. The van der Waals surface area contributed by atoms with E-state index in [9.17, 15) is 17.6 Å². The third-order valence-corrected chi connectivity index (χ3v) is 5.78. The Balaban J connectivity index is 1.55. The summed E-state index contributed by atoms with van der Waals surface area (Å²) in [4.78, 5) is 12.2. The first-order chi connectivity index (χ1) is 14.3. The summed E-state index contributed by atoms with van der Waals surface area (Å²) < 4.78 is 45.6. The van der Waals surface area contributed by atoms with Gasteiger partial charge in [-0.15, -0.1) is 0 Å². The molecule has 0 radical (unpaired) electrons. The van der Waals surface area contributed by atoms with Gasteiger partial charge in [0, 0.05) is 5.69 Å². The highest BCUT2D eigenvalue weighted by Gasteiger charge is 2.22. The Bertz CT molecular complexity index is 1090. The highest BCUT2D eigenvalue weighted by molar-refractivity contribution is 7.89. The van der Waals surface area contributed by atoms with Crippen molar-refractivity contribution in [2.45, 2.75) is 24.5 Å². The third kappa shape index (κ3) is 5.88. The molecule has 6 nitrogen and oxygen atoms in total. The minimum absolute atomic E-state index is 0.122. The van der Waals surface area contributed by atoms with Gasteiger partial charge in [0.15, 0.2) is 0 Å². The van der Waals surface area contributed by atoms with E-state index in [1.54, 1.807) is 24.3 Å². The zero-order valence-electron chi connectivity index (χ0n) is 16.2. The average Bonchev–Trinajstić information content (AvgIpc) is 2.74. The number of ether oxygens (including phenoxy) is 1. The average molecular weight is 428 g/mol. The zero-order chi connectivity index (χ0) is 21.6. The van der Waals surface area contributed by atoms with Crippen LogP contribution in [0.5, 0.6) is 5.75 Å². The molecular weight excluding hydrogens is 407 g/mol. The first-order valence-electron chi connectivity index (χ1n) is 9.19. The zero-order valence-corrected chi connectivity index (χ0v) is 17.0. The van der Waals surface area contributed by atoms with Crippen molar-refractivity contribution in [3.05, 3.63) is 90.2 Å². The number of amides is 1. The van der Waals surface area contributed by atoms with Crippen molar-refractivity contribution in [2.75, 3.05) is 5.32 Å². The van der Waals surface area contributed by atoms with Crippen molar-refractivity contribution >= 4 is 21.6 Å². The number of benzene rings is 3. The molecule has 8 heteroatoms. The Hall–Kier alpha value is -3.23. The Morgan fingerprint density at radius 3 is 2.23 bits per heavy atom. The SMILES string of the molecule is C[C@H](NS(=O)(=O)c1ccc(F)cc1)C(=O)Nc1ccc(OCc2ccccc2)cc1. The maximum absolute atomic E-state index is 13.0. The van der Waals surface area contributed by atoms with E-state index in [-0.39, 0.29) is 4.90 Å². The van der Waals surface area contributed by atoms with Gasteiger partial charge >= 0.3 is 0 Å². The molecular formula is C22H21FN2O4S. The van der Waals surface area contributed by atoms with E-state index in [1.807, 2.05) is 30.3 Å². The lowest BCUT2D eigenvalue weighted by Gasteiger charge is -2.15. The summed E-state index contributed by atoms with van der Waals surface area (Å²) in [5.74, 6) is -0.434. The van der Waals surface area contributed by atoms with Crippen LogP contribution in [0.15, 0.2) is 83.8 Å². The van der Waals surface area contributed by atoms with E-state index in [0.29, 0.717) is 18.0 Å². The normalized spacial score (nSPS) is 12.2. The molecule has 3 rings (SSSR count). The van der Waals surface area contributed by atoms with Crippen LogP contribution in [-0.2, 0) is 21.4 Å². The van der Waals surface area contributed by atoms with Gasteiger partial charge < -0.3 is 10.1 Å². The number of halogens is 1. The number of rotatable bonds is 8. The van der Waals surface area contributed by atoms with E-state index >= 15 is 0 Å². The highest BCUT2D eigenvalue weighted by atomic mass is 32.2. The summed E-state index contributed by atoms with van der Waals surface area (Å²) in [6.45, 7) is 1.85. The lowest BCUT2D eigenvalue weighted by atomic mass is 10.2. The van der Waals surface area contributed by atoms with Crippen LogP contribution in [0, 0.1) is 5.82 Å². The molecule has 156 valence electrons. The molecule has 3 aromatic rings. The molecule has 0 spiro atoms. The maximum atomic E-state index is 13.0. The monoisotopic (exact) mass is 428 g/mol. The Labute approximate surface area is 174 Å². The molecule has 0 saturated carbocycles. The van der Waals surface area contributed by atoms with Crippen LogP contribution >= 0.6 is 0 Å². The fourth-order valence-corrected chi connectivity index (χ4v) is 3.80. The lowest BCUT2D eigenvalue weighted by Crippen LogP contribution is -2.41. The minimum Gasteiger partial charge on any atom is -0.489 e. The molecule has 0 aliphatic carbocycles. The number of nitrogens with one attached hydrogen (secondary N) is 2. The molecule has 0 unspecified atom stereocenters. The summed E-state index contributed by atoms with van der Waals surface area (Å²) in [5, 5.41) is 2.64. The predicted octanol–water partition coefficient (Wildman–Crippen LogP) is 3.71. The van der Waals surface area contributed by atoms with E-state index < -0.39 is 27.8 Å². The smallest absolute Gasteiger partial charge is 0.242 e. The summed E-state index contributed by atoms with van der Waals surface area (Å²) in [6.07, 6.45) is 0. The molecule has 2 N–H and O–H groups in total. The van der Waals surface area contributed by atoms with Crippen LogP contribution in [0.3, 0.4) is 0 Å². The van der Waals surface area contributed by atoms with Crippen LogP contribution in [0.1, 0.15) is 12.5 Å². The van der Waals surface area contributed by atoms with Gasteiger partial charge in [-0.3, -0.25) is 4.79 Å². The number of carbonyl (C=O) groups is 1. The number of hydrogen-bond acceptors (Lipinski definition) is 4. The van der Waals surface area contributed by atoms with Gasteiger partial charge in [-0.25, -0.2) is 12.8 Å². The van der Waals surface area contributed by atoms with Gasteiger partial charge in [-0.05, 0) is 61.0 Å². The molecule has 30 heavy (non-hydrogen) atoms. The molecule has 3 aromatic carbocycles. The first-order valence-corrected chi connectivity index (χ1v) is 10.7. The second-order valence-corrected chi connectivity index (χ2v) is 8.30. The van der Waals surface area contributed by atoms with Gasteiger partial charge in [-0.2, -0.15) is 4.72 Å². The lowest BCUT2D eigenvalue weighted by molar-refractivity contribution is -0.117. The Kier molecular flexibility index (Phi) is 6.81. The van der Waals surface area contributed by atoms with Gasteiger partial charge in [0.25, 0.3) is 0 Å². The van der Waals surface area contributed by atoms with Crippen LogP contribution < -0.4 is 14.8 Å². The van der Waals surface area contributed by atoms with Gasteiger partial charge in [0.05, 0.1) is 10.9 Å². The summed E-state index contributed by atoms with van der Waals surface area (Å²) in [5.41, 5.74) is 1.54. The first kappa shape index (κ1) is 21.5. The summed E-state index contributed by atoms with van der Waals surface area (Å²) in [6, 6.07) is 19.8. The molecule has 0 saturated heterocycles. The van der Waals surface area contributed by atoms with E-state index in [0.717, 1.165) is 29.8 Å². The molecule has 0 aromatic heterocycles. The van der Waals surface area contributed by atoms with Crippen LogP contribution in [0.25, 0.3) is 0 Å². The van der Waals surface area contributed by atoms with E-state index in [4.69, 9.17) is 4.74 Å². The van der Waals surface area contributed by atoms with E-state index in [2.05, 4.69) is 10.0 Å². The van der Waals surface area contributed by atoms with Crippen molar-refractivity contribution in [3.8, 4) is 5.75 Å². The van der Waals surface area contributed by atoms with Crippen LogP contribution in [0.2, 0.25) is 0 Å². The summed E-state index contributed by atoms with van der Waals surface area (Å²) in [7, 11) is -3.95. The Morgan fingerprint density at radius 1 is 0.967 bits per heavy atom. The van der Waals surface area contributed by atoms with Gasteiger partial charge in [0.2, 0.25) is 15.9 Å². The minimum atomic E-state index is -3.95.